The average molecular weight is 403 g/mol. The first-order valence-electron chi connectivity index (χ1n) is 8.50. The van der Waals surface area contributed by atoms with Crippen LogP contribution < -0.4 is 27.2 Å². The summed E-state index contributed by atoms with van der Waals surface area (Å²) < 4.78 is 0. The predicted octanol–water partition coefficient (Wildman–Crippen LogP) is -0.417. The summed E-state index contributed by atoms with van der Waals surface area (Å²) in [6.07, 6.45) is 1.31. The number of hydrogen-bond acceptors (Lipinski definition) is 8. The minimum Gasteiger partial charge on any atom is -0.480 e. The van der Waals surface area contributed by atoms with Crippen LogP contribution in [0.3, 0.4) is 0 Å². The number of nitrogens with zero attached hydrogens (tertiary/aromatic N) is 3. The number of anilines is 4. The maximum atomic E-state index is 12.2. The van der Waals surface area contributed by atoms with Crippen molar-refractivity contribution in [3.63, 3.8) is 0 Å². The first-order chi connectivity index (χ1) is 13.6. The number of rotatable bonds is 8. The van der Waals surface area contributed by atoms with Gasteiger partial charge in [-0.2, -0.15) is 4.98 Å². The van der Waals surface area contributed by atoms with Crippen LogP contribution in [-0.2, 0) is 20.8 Å². The number of carbonyl (C=O) groups excluding carboxylic acids is 2. The van der Waals surface area contributed by atoms with Crippen molar-refractivity contribution in [2.24, 2.45) is 5.92 Å². The van der Waals surface area contributed by atoms with Crippen LogP contribution in [0.25, 0.3) is 0 Å². The van der Waals surface area contributed by atoms with Crippen LogP contribution >= 0.6 is 0 Å². The predicted molar refractivity (Wildman–Crippen MR) is 105 cm³/mol. The highest BCUT2D eigenvalue weighted by molar-refractivity contribution is 5.93. The summed E-state index contributed by atoms with van der Waals surface area (Å²) in [4.78, 5) is 57.9. The Balaban J connectivity index is 2.14. The molecule has 0 radical (unpaired) electrons. The molecule has 29 heavy (non-hydrogen) atoms. The van der Waals surface area contributed by atoms with Gasteiger partial charge in [0, 0.05) is 0 Å². The second-order valence-electron chi connectivity index (χ2n) is 6.48. The van der Waals surface area contributed by atoms with Gasteiger partial charge in [-0.15, -0.1) is 0 Å². The Hall–Kier alpha value is -3.96. The number of carboxylic acids is 1. The summed E-state index contributed by atoms with van der Waals surface area (Å²) in [6, 6.07) is 1.76. The SMILES string of the molecule is CC(C)[C@@H](C(=O)O)N(C=O)c1ccc(NC(=O)Cc2c(N)nc(N)[nH]c2=O)cn1. The highest BCUT2D eigenvalue weighted by atomic mass is 16.4. The zero-order valence-electron chi connectivity index (χ0n) is 15.7. The molecule has 0 spiro atoms. The summed E-state index contributed by atoms with van der Waals surface area (Å²) in [7, 11) is 0. The van der Waals surface area contributed by atoms with Gasteiger partial charge < -0.3 is 21.9 Å². The van der Waals surface area contributed by atoms with Gasteiger partial charge in [-0.3, -0.25) is 24.3 Å². The van der Waals surface area contributed by atoms with Crippen LogP contribution in [0.5, 0.6) is 0 Å². The van der Waals surface area contributed by atoms with Crippen LogP contribution in [-0.4, -0.2) is 44.4 Å². The number of carbonyl (C=O) groups is 3. The van der Waals surface area contributed by atoms with Crippen molar-refractivity contribution in [3.8, 4) is 0 Å². The number of aromatic amines is 1. The first-order valence-corrected chi connectivity index (χ1v) is 8.50. The molecule has 1 atom stereocenters. The molecule has 0 saturated heterocycles. The summed E-state index contributed by atoms with van der Waals surface area (Å²) in [5.74, 6) is -2.26. The molecule has 0 unspecified atom stereocenters. The van der Waals surface area contributed by atoms with Crippen LogP contribution in [0.1, 0.15) is 19.4 Å². The summed E-state index contributed by atoms with van der Waals surface area (Å²) in [6.45, 7) is 3.34. The standard InChI is InChI=1S/C17H21N7O5/c1-8(2)13(16(28)29)24(7-25)11-4-3-9(6-20-11)21-12(26)5-10-14(18)22-17(19)23-15(10)27/h3-4,6-8,13H,5H2,1-2H3,(H,21,26)(H,28,29)(H5,18,19,22,23,27)/t13-/m0/s1. The van der Waals surface area contributed by atoms with E-state index in [2.05, 4.69) is 20.3 Å². The smallest absolute Gasteiger partial charge is 0.327 e. The number of pyridine rings is 1. The molecule has 2 aromatic rings. The fourth-order valence-corrected chi connectivity index (χ4v) is 2.67. The molecule has 2 amide bonds. The molecule has 0 aliphatic heterocycles. The maximum absolute atomic E-state index is 12.2. The highest BCUT2D eigenvalue weighted by Crippen LogP contribution is 2.19. The molecule has 0 aliphatic rings. The molecule has 7 N–H and O–H groups in total. The van der Waals surface area contributed by atoms with Gasteiger partial charge in [0.05, 0.1) is 23.9 Å². The molecular weight excluding hydrogens is 382 g/mol. The lowest BCUT2D eigenvalue weighted by molar-refractivity contribution is -0.140. The molecule has 12 nitrogen and oxygen atoms in total. The van der Waals surface area contributed by atoms with Gasteiger partial charge in [0.15, 0.2) is 0 Å². The lowest BCUT2D eigenvalue weighted by atomic mass is 10.0. The molecule has 0 bridgehead atoms. The van der Waals surface area contributed by atoms with Crippen LogP contribution in [0.15, 0.2) is 23.1 Å². The van der Waals surface area contributed by atoms with Crippen molar-refractivity contribution in [1.82, 2.24) is 15.0 Å². The number of nitrogens with one attached hydrogen (secondary N) is 2. The van der Waals surface area contributed by atoms with Gasteiger partial charge in [-0.1, -0.05) is 13.8 Å². The van der Waals surface area contributed by atoms with E-state index in [0.29, 0.717) is 6.41 Å². The van der Waals surface area contributed by atoms with Gasteiger partial charge in [0.25, 0.3) is 5.56 Å². The van der Waals surface area contributed by atoms with Crippen LogP contribution in [0.4, 0.5) is 23.3 Å². The quantitative estimate of drug-likeness (QED) is 0.363. The fourth-order valence-electron chi connectivity index (χ4n) is 2.67. The summed E-state index contributed by atoms with van der Waals surface area (Å²) in [5, 5.41) is 11.9. The van der Waals surface area contributed by atoms with E-state index in [1.165, 1.54) is 18.3 Å². The van der Waals surface area contributed by atoms with Crippen LogP contribution in [0.2, 0.25) is 0 Å². The van der Waals surface area contributed by atoms with E-state index in [9.17, 15) is 24.3 Å². The third-order valence-corrected chi connectivity index (χ3v) is 4.00. The van der Waals surface area contributed by atoms with E-state index >= 15 is 0 Å². The molecule has 0 fully saturated rings. The number of hydrogen-bond donors (Lipinski definition) is 5. The molecule has 2 rings (SSSR count). The van der Waals surface area contributed by atoms with Crippen molar-refractivity contribution in [2.75, 3.05) is 21.7 Å². The van der Waals surface area contributed by atoms with Gasteiger partial charge in [0.2, 0.25) is 18.3 Å². The Morgan fingerprint density at radius 3 is 2.52 bits per heavy atom. The second kappa shape index (κ2) is 8.82. The zero-order valence-corrected chi connectivity index (χ0v) is 15.7. The Labute approximate surface area is 164 Å². The molecule has 0 aromatic carbocycles. The number of amides is 2. The molecule has 0 saturated carbocycles. The highest BCUT2D eigenvalue weighted by Gasteiger charge is 2.29. The second-order valence-corrected chi connectivity index (χ2v) is 6.48. The number of aromatic nitrogens is 3. The minimum absolute atomic E-state index is 0.0327. The van der Waals surface area contributed by atoms with Crippen molar-refractivity contribution in [2.45, 2.75) is 26.3 Å². The Kier molecular flexibility index (Phi) is 6.49. The molecule has 0 aliphatic carbocycles. The first kappa shape index (κ1) is 21.3. The number of nitrogen functional groups attached to an aromatic ring is 2. The number of H-pyrrole nitrogens is 1. The van der Waals surface area contributed by atoms with E-state index in [1.54, 1.807) is 13.8 Å². The zero-order chi connectivity index (χ0) is 21.7. The molecule has 2 heterocycles. The van der Waals surface area contributed by atoms with Crippen molar-refractivity contribution in [3.05, 3.63) is 34.2 Å². The topological polar surface area (TPSA) is 197 Å². The van der Waals surface area contributed by atoms with E-state index < -0.39 is 23.5 Å². The lowest BCUT2D eigenvalue weighted by Gasteiger charge is -2.26. The van der Waals surface area contributed by atoms with Gasteiger partial charge in [-0.05, 0) is 18.1 Å². The van der Waals surface area contributed by atoms with E-state index in [-0.39, 0.29) is 41.2 Å². The number of aliphatic carboxylic acids is 1. The Bertz CT molecular complexity index is 971. The van der Waals surface area contributed by atoms with E-state index in [0.717, 1.165) is 4.90 Å². The Morgan fingerprint density at radius 1 is 1.34 bits per heavy atom. The summed E-state index contributed by atoms with van der Waals surface area (Å²) >= 11 is 0. The van der Waals surface area contributed by atoms with Gasteiger partial charge >= 0.3 is 5.97 Å². The average Bonchev–Trinajstić information content (AvgIpc) is 2.62. The van der Waals surface area contributed by atoms with E-state index in [4.69, 9.17) is 11.5 Å². The van der Waals surface area contributed by atoms with Crippen molar-refractivity contribution >= 4 is 41.6 Å². The summed E-state index contributed by atoms with van der Waals surface area (Å²) in [5.41, 5.74) is 10.6. The maximum Gasteiger partial charge on any atom is 0.327 e. The van der Waals surface area contributed by atoms with Gasteiger partial charge in [-0.25, -0.2) is 9.78 Å². The monoisotopic (exact) mass is 403 g/mol. The number of nitrogens with two attached hydrogens (primary N) is 2. The fraction of sp³-hybridized carbons (Fsp3) is 0.294. The third kappa shape index (κ3) is 5.06. The van der Waals surface area contributed by atoms with Crippen molar-refractivity contribution in [1.29, 1.82) is 0 Å². The minimum atomic E-state index is -1.16. The molecule has 154 valence electrons. The molecular formula is C17H21N7O5. The van der Waals surface area contributed by atoms with Crippen LogP contribution in [0, 0.1) is 5.92 Å². The largest absolute Gasteiger partial charge is 0.480 e. The van der Waals surface area contributed by atoms with E-state index in [1.807, 2.05) is 0 Å². The Morgan fingerprint density at radius 2 is 2.03 bits per heavy atom. The molecule has 12 heteroatoms. The lowest BCUT2D eigenvalue weighted by Crippen LogP contribution is -2.44. The number of carboxylic acid groups (broad SMARTS) is 1. The van der Waals surface area contributed by atoms with Gasteiger partial charge in [0.1, 0.15) is 17.7 Å². The molecule has 2 aromatic heterocycles. The third-order valence-electron chi connectivity index (χ3n) is 4.00. The van der Waals surface area contributed by atoms with Crippen molar-refractivity contribution < 1.29 is 19.5 Å². The normalized spacial score (nSPS) is 11.7.